The molecule has 3 heterocycles. The Bertz CT molecular complexity index is 1800. The molecule has 0 radical (unpaired) electrons. The van der Waals surface area contributed by atoms with E-state index in [1.54, 1.807) is 18.2 Å². The average Bonchev–Trinajstić information content (AvgIpc) is 3.05. The first kappa shape index (κ1) is 29.8. The monoisotopic (exact) mass is 631 g/mol. The second-order valence-electron chi connectivity index (χ2n) is 12.3. The van der Waals surface area contributed by atoms with Crippen molar-refractivity contribution in [2.45, 2.75) is 44.6 Å². The predicted octanol–water partition coefficient (Wildman–Crippen LogP) is 7.67. The maximum Gasteiger partial charge on any atom is 0.335 e. The fraction of sp³-hybridized carbons (Fsp3) is 0.237. The van der Waals surface area contributed by atoms with E-state index in [1.165, 1.54) is 22.9 Å². The van der Waals surface area contributed by atoms with E-state index >= 15 is 0 Å². The molecule has 2 atom stereocenters. The van der Waals surface area contributed by atoms with E-state index in [9.17, 15) is 14.4 Å². The van der Waals surface area contributed by atoms with Crippen LogP contribution in [0.15, 0.2) is 96.6 Å². The van der Waals surface area contributed by atoms with Gasteiger partial charge in [0.05, 0.1) is 11.8 Å². The van der Waals surface area contributed by atoms with Crippen molar-refractivity contribution in [2.24, 2.45) is 0 Å². The SMILES string of the molecule is CC(C)Oc1ccc(Cl)cc1/C=C1\C(=O)NC(=O)N(c2cc3c4c(c2)[C@H](c2ccccc2)CCN4CC[C@@H]3c2ccccc2)C1=O. The van der Waals surface area contributed by atoms with Crippen LogP contribution in [0.25, 0.3) is 6.08 Å². The molecule has 3 aliphatic heterocycles. The lowest BCUT2D eigenvalue weighted by atomic mass is 9.76. The zero-order chi connectivity index (χ0) is 31.9. The van der Waals surface area contributed by atoms with Gasteiger partial charge in [0, 0.05) is 41.2 Å². The number of amides is 4. The van der Waals surface area contributed by atoms with Gasteiger partial charge in [-0.2, -0.15) is 0 Å². The van der Waals surface area contributed by atoms with Gasteiger partial charge in [-0.05, 0) is 85.4 Å². The highest BCUT2D eigenvalue weighted by molar-refractivity contribution is 6.39. The van der Waals surface area contributed by atoms with Crippen LogP contribution in [0, 0.1) is 0 Å². The molecule has 7 nitrogen and oxygen atoms in total. The van der Waals surface area contributed by atoms with Crippen molar-refractivity contribution >= 4 is 46.9 Å². The maximum absolute atomic E-state index is 14.2. The number of rotatable bonds is 6. The van der Waals surface area contributed by atoms with Crippen LogP contribution in [0.3, 0.4) is 0 Å². The second kappa shape index (κ2) is 12.1. The maximum atomic E-state index is 14.2. The van der Waals surface area contributed by atoms with Gasteiger partial charge < -0.3 is 9.64 Å². The van der Waals surface area contributed by atoms with E-state index < -0.39 is 17.8 Å². The second-order valence-corrected chi connectivity index (χ2v) is 12.7. The quantitative estimate of drug-likeness (QED) is 0.175. The van der Waals surface area contributed by atoms with Gasteiger partial charge in [-0.3, -0.25) is 14.9 Å². The first-order chi connectivity index (χ1) is 22.3. The number of barbiturate groups is 1. The molecule has 0 bridgehead atoms. The minimum absolute atomic E-state index is 0.0856. The zero-order valence-electron chi connectivity index (χ0n) is 25.7. The molecule has 232 valence electrons. The van der Waals surface area contributed by atoms with Crippen LogP contribution in [0.5, 0.6) is 5.75 Å². The van der Waals surface area contributed by atoms with Crippen molar-refractivity contribution in [2.75, 3.05) is 22.9 Å². The molecule has 0 saturated carbocycles. The summed E-state index contributed by atoms with van der Waals surface area (Å²) < 4.78 is 5.93. The molecule has 1 fully saturated rings. The molecule has 0 spiro atoms. The van der Waals surface area contributed by atoms with Crippen LogP contribution < -0.4 is 19.9 Å². The number of anilines is 2. The van der Waals surface area contributed by atoms with Gasteiger partial charge >= 0.3 is 6.03 Å². The molecule has 4 amide bonds. The number of imide groups is 2. The summed E-state index contributed by atoms with van der Waals surface area (Å²) in [5.41, 5.74) is 6.44. The van der Waals surface area contributed by atoms with Crippen LogP contribution >= 0.6 is 11.6 Å². The highest BCUT2D eigenvalue weighted by Crippen LogP contribution is 2.50. The van der Waals surface area contributed by atoms with Crippen LogP contribution in [-0.4, -0.2) is 37.0 Å². The van der Waals surface area contributed by atoms with E-state index in [4.69, 9.17) is 16.3 Å². The lowest BCUT2D eigenvalue weighted by Gasteiger charge is -2.44. The summed E-state index contributed by atoms with van der Waals surface area (Å²) >= 11 is 6.30. The third-order valence-corrected chi connectivity index (χ3v) is 9.23. The molecule has 0 unspecified atom stereocenters. The van der Waals surface area contributed by atoms with Crippen molar-refractivity contribution in [3.63, 3.8) is 0 Å². The number of urea groups is 1. The first-order valence-electron chi connectivity index (χ1n) is 15.7. The van der Waals surface area contributed by atoms with Crippen molar-refractivity contribution in [1.29, 1.82) is 0 Å². The van der Waals surface area contributed by atoms with Crippen LogP contribution in [0.1, 0.15) is 66.3 Å². The lowest BCUT2D eigenvalue weighted by Crippen LogP contribution is -2.54. The van der Waals surface area contributed by atoms with Crippen molar-refractivity contribution in [1.82, 2.24) is 5.32 Å². The Labute approximate surface area is 273 Å². The summed E-state index contributed by atoms with van der Waals surface area (Å²) in [7, 11) is 0. The summed E-state index contributed by atoms with van der Waals surface area (Å²) in [6, 6.07) is 28.9. The molecule has 1 saturated heterocycles. The molecular formula is C38H34ClN3O4. The summed E-state index contributed by atoms with van der Waals surface area (Å²) in [5, 5.41) is 2.83. The summed E-state index contributed by atoms with van der Waals surface area (Å²) in [6.45, 7) is 5.62. The van der Waals surface area contributed by atoms with Crippen molar-refractivity contribution < 1.29 is 19.1 Å². The Balaban J connectivity index is 1.38. The molecule has 7 rings (SSSR count). The van der Waals surface area contributed by atoms with Crippen LogP contribution in [-0.2, 0) is 9.59 Å². The number of nitrogens with zero attached hydrogens (tertiary/aromatic N) is 2. The summed E-state index contributed by atoms with van der Waals surface area (Å²) in [6.07, 6.45) is 3.12. The Hall–Kier alpha value is -4.88. The average molecular weight is 632 g/mol. The third kappa shape index (κ3) is 5.45. The van der Waals surface area contributed by atoms with E-state index in [0.29, 0.717) is 22.0 Å². The minimum atomic E-state index is -0.778. The van der Waals surface area contributed by atoms with E-state index in [-0.39, 0.29) is 23.5 Å². The summed E-state index contributed by atoms with van der Waals surface area (Å²) in [4.78, 5) is 44.4. The largest absolute Gasteiger partial charge is 0.490 e. The van der Waals surface area contributed by atoms with Gasteiger partial charge in [0.25, 0.3) is 11.8 Å². The number of nitrogens with one attached hydrogen (secondary N) is 1. The Morgan fingerprint density at radius 1 is 0.826 bits per heavy atom. The van der Waals surface area contributed by atoms with Crippen molar-refractivity contribution in [3.05, 3.63) is 129 Å². The van der Waals surface area contributed by atoms with Gasteiger partial charge in [0.1, 0.15) is 11.3 Å². The molecular weight excluding hydrogens is 598 g/mol. The number of halogens is 1. The van der Waals surface area contributed by atoms with Gasteiger partial charge in [0.2, 0.25) is 0 Å². The van der Waals surface area contributed by atoms with E-state index in [0.717, 1.165) is 42.0 Å². The number of ether oxygens (including phenoxy) is 1. The number of benzene rings is 4. The zero-order valence-corrected chi connectivity index (χ0v) is 26.5. The van der Waals surface area contributed by atoms with Crippen LogP contribution in [0.2, 0.25) is 5.02 Å². The highest BCUT2D eigenvalue weighted by Gasteiger charge is 2.40. The molecule has 4 aromatic rings. The van der Waals surface area contributed by atoms with Gasteiger partial charge in [-0.25, -0.2) is 9.69 Å². The lowest BCUT2D eigenvalue weighted by molar-refractivity contribution is -0.122. The van der Waals surface area contributed by atoms with Gasteiger partial charge in [0.15, 0.2) is 0 Å². The normalized spacial score (nSPS) is 20.2. The topological polar surface area (TPSA) is 79.0 Å². The Morgan fingerprint density at radius 3 is 1.98 bits per heavy atom. The molecule has 1 N–H and O–H groups in total. The fourth-order valence-corrected chi connectivity index (χ4v) is 7.19. The molecule has 0 aliphatic carbocycles. The highest BCUT2D eigenvalue weighted by atomic mass is 35.5. The molecule has 46 heavy (non-hydrogen) atoms. The van der Waals surface area contributed by atoms with E-state index in [1.807, 2.05) is 62.4 Å². The third-order valence-electron chi connectivity index (χ3n) is 8.99. The molecule has 0 aromatic heterocycles. The number of hydrogen-bond acceptors (Lipinski definition) is 5. The summed E-state index contributed by atoms with van der Waals surface area (Å²) in [5.74, 6) is -0.820. The van der Waals surface area contributed by atoms with Crippen molar-refractivity contribution in [3.8, 4) is 5.75 Å². The smallest absolute Gasteiger partial charge is 0.335 e. The molecule has 8 heteroatoms. The molecule has 3 aliphatic rings. The number of carbonyl (C=O) groups excluding carboxylic acids is 3. The predicted molar refractivity (Wildman–Crippen MR) is 181 cm³/mol. The van der Waals surface area contributed by atoms with E-state index in [2.05, 4.69) is 34.5 Å². The molecule has 4 aromatic carbocycles. The van der Waals surface area contributed by atoms with Gasteiger partial charge in [-0.1, -0.05) is 72.3 Å². The van der Waals surface area contributed by atoms with Gasteiger partial charge in [-0.15, -0.1) is 0 Å². The first-order valence-corrected chi connectivity index (χ1v) is 16.1. The number of carbonyl (C=O) groups is 3. The Kier molecular flexibility index (Phi) is 7.87. The Morgan fingerprint density at radius 2 is 1.41 bits per heavy atom. The fourth-order valence-electron chi connectivity index (χ4n) is 7.01. The number of hydrogen-bond donors (Lipinski definition) is 1. The standard InChI is InChI=1S/C38H34ClN3O4/c1-23(2)46-34-14-13-27(39)19-26(34)20-33-36(43)40-38(45)42(37(33)44)28-21-31-29(24-9-5-3-6-10-24)15-17-41-18-16-30(32(22-28)35(31)41)25-11-7-4-8-12-25/h3-14,19-23,29-30H,15-18H2,1-2H3,(H,40,43,45)/b33-20+/t29-,30+. The van der Waals surface area contributed by atoms with Crippen LogP contribution in [0.4, 0.5) is 16.2 Å². The minimum Gasteiger partial charge on any atom is -0.490 e.